The molecule has 1 aliphatic carbocycles. The first kappa shape index (κ1) is 8.85. The molecule has 70 valence electrons. The molecule has 2 aliphatic rings. The Balaban J connectivity index is 1.85. The van der Waals surface area contributed by atoms with Crippen LogP contribution in [0.5, 0.6) is 0 Å². The normalized spacial score (nSPS) is 30.0. The van der Waals surface area contributed by atoms with E-state index in [4.69, 9.17) is 5.73 Å². The predicted octanol–water partition coefficient (Wildman–Crippen LogP) is 0.915. The highest BCUT2D eigenvalue weighted by molar-refractivity contribution is 7.99. The summed E-state index contributed by atoms with van der Waals surface area (Å²) in [5.74, 6) is 2.70. The fraction of sp³-hybridized carbons (Fsp3) is 1.00. The molecule has 0 amide bonds. The minimum Gasteiger partial charge on any atom is -0.329 e. The fourth-order valence-corrected chi connectivity index (χ4v) is 3.24. The minimum absolute atomic E-state index is 0.831. The molecule has 1 saturated carbocycles. The second-order valence-corrected chi connectivity index (χ2v) is 4.92. The summed E-state index contributed by atoms with van der Waals surface area (Å²) in [7, 11) is 0. The molecule has 0 radical (unpaired) electrons. The highest BCUT2D eigenvalue weighted by Gasteiger charge is 2.34. The van der Waals surface area contributed by atoms with Crippen LogP contribution in [-0.2, 0) is 0 Å². The van der Waals surface area contributed by atoms with Gasteiger partial charge in [0.25, 0.3) is 0 Å². The predicted molar refractivity (Wildman–Crippen MR) is 54.5 cm³/mol. The molecule has 0 aromatic heterocycles. The highest BCUT2D eigenvalue weighted by atomic mass is 32.2. The van der Waals surface area contributed by atoms with Crippen molar-refractivity contribution in [3.8, 4) is 0 Å². The number of nitrogens with zero attached hydrogens (tertiary/aromatic N) is 1. The monoisotopic (exact) mass is 186 g/mol. The molecule has 1 saturated heterocycles. The van der Waals surface area contributed by atoms with E-state index < -0.39 is 0 Å². The molecular formula is C9H18N2S. The number of hydrogen-bond donors (Lipinski definition) is 1. The molecular weight excluding hydrogens is 168 g/mol. The third-order valence-electron chi connectivity index (χ3n) is 2.78. The summed E-state index contributed by atoms with van der Waals surface area (Å²) in [4.78, 5) is 2.65. The molecule has 0 aromatic carbocycles. The minimum atomic E-state index is 0.831. The van der Waals surface area contributed by atoms with Crippen molar-refractivity contribution in [3.05, 3.63) is 0 Å². The van der Waals surface area contributed by atoms with E-state index in [0.29, 0.717) is 0 Å². The number of nitrogens with two attached hydrogens (primary N) is 1. The summed E-state index contributed by atoms with van der Waals surface area (Å²) >= 11 is 2.10. The van der Waals surface area contributed by atoms with Gasteiger partial charge >= 0.3 is 0 Å². The average molecular weight is 186 g/mol. The van der Waals surface area contributed by atoms with Crippen LogP contribution in [0.15, 0.2) is 0 Å². The summed E-state index contributed by atoms with van der Waals surface area (Å²) in [6.45, 7) is 1.95. The molecule has 2 fully saturated rings. The summed E-state index contributed by atoms with van der Waals surface area (Å²) in [5, 5.41) is 0. The zero-order valence-electron chi connectivity index (χ0n) is 7.54. The average Bonchev–Trinajstić information content (AvgIpc) is 2.77. The molecule has 2 N–H and O–H groups in total. The number of thioether (sulfide) groups is 1. The lowest BCUT2D eigenvalue weighted by molar-refractivity contribution is 0.208. The molecule has 12 heavy (non-hydrogen) atoms. The third-order valence-corrected chi connectivity index (χ3v) is 3.92. The molecule has 1 aliphatic heterocycles. The largest absolute Gasteiger partial charge is 0.329 e. The van der Waals surface area contributed by atoms with Crippen LogP contribution in [0.1, 0.15) is 19.3 Å². The van der Waals surface area contributed by atoms with Gasteiger partial charge in [0.15, 0.2) is 0 Å². The highest BCUT2D eigenvalue weighted by Crippen LogP contribution is 2.32. The van der Waals surface area contributed by atoms with Crippen LogP contribution in [0.25, 0.3) is 0 Å². The van der Waals surface area contributed by atoms with Gasteiger partial charge in [-0.2, -0.15) is 11.8 Å². The van der Waals surface area contributed by atoms with Crippen molar-refractivity contribution in [3.63, 3.8) is 0 Å². The topological polar surface area (TPSA) is 29.3 Å². The van der Waals surface area contributed by atoms with Crippen molar-refractivity contribution in [2.75, 3.05) is 24.6 Å². The van der Waals surface area contributed by atoms with Gasteiger partial charge in [-0.25, -0.2) is 0 Å². The second-order valence-electron chi connectivity index (χ2n) is 3.78. The van der Waals surface area contributed by atoms with Gasteiger partial charge in [-0.3, -0.25) is 4.90 Å². The molecule has 0 spiro atoms. The van der Waals surface area contributed by atoms with E-state index in [1.807, 2.05) is 0 Å². The number of hydrogen-bond acceptors (Lipinski definition) is 3. The van der Waals surface area contributed by atoms with Gasteiger partial charge < -0.3 is 5.73 Å². The van der Waals surface area contributed by atoms with Crippen LogP contribution in [-0.4, -0.2) is 41.6 Å². The quantitative estimate of drug-likeness (QED) is 0.708. The maximum Gasteiger partial charge on any atom is 0.0197 e. The van der Waals surface area contributed by atoms with Crippen LogP contribution in [0, 0.1) is 0 Å². The molecule has 0 unspecified atom stereocenters. The molecule has 3 heteroatoms. The van der Waals surface area contributed by atoms with E-state index >= 15 is 0 Å². The fourth-order valence-electron chi connectivity index (χ4n) is 2.00. The smallest absolute Gasteiger partial charge is 0.0197 e. The van der Waals surface area contributed by atoms with Crippen molar-refractivity contribution in [1.82, 2.24) is 4.90 Å². The van der Waals surface area contributed by atoms with Crippen LogP contribution in [0.4, 0.5) is 0 Å². The van der Waals surface area contributed by atoms with Gasteiger partial charge in [0, 0.05) is 30.9 Å². The zero-order chi connectivity index (χ0) is 8.39. The van der Waals surface area contributed by atoms with Crippen molar-refractivity contribution in [1.29, 1.82) is 0 Å². The first-order valence-corrected chi connectivity index (χ1v) is 6.11. The Kier molecular flexibility index (Phi) is 2.94. The van der Waals surface area contributed by atoms with E-state index in [1.165, 1.54) is 30.8 Å². The van der Waals surface area contributed by atoms with E-state index in [1.54, 1.807) is 0 Å². The van der Waals surface area contributed by atoms with E-state index in [9.17, 15) is 0 Å². The Morgan fingerprint density at radius 3 is 2.58 bits per heavy atom. The third kappa shape index (κ3) is 1.95. The van der Waals surface area contributed by atoms with E-state index in [2.05, 4.69) is 16.7 Å². The van der Waals surface area contributed by atoms with Gasteiger partial charge in [0.1, 0.15) is 0 Å². The maximum absolute atomic E-state index is 5.61. The maximum atomic E-state index is 5.61. The summed E-state index contributed by atoms with van der Waals surface area (Å²) in [5.41, 5.74) is 5.61. The Bertz CT molecular complexity index is 141. The van der Waals surface area contributed by atoms with Gasteiger partial charge in [-0.05, 0) is 25.0 Å². The van der Waals surface area contributed by atoms with Crippen molar-refractivity contribution in [2.24, 2.45) is 5.73 Å². The van der Waals surface area contributed by atoms with Crippen LogP contribution in [0.2, 0.25) is 0 Å². The Hall–Kier alpha value is 0.270. The van der Waals surface area contributed by atoms with Crippen molar-refractivity contribution < 1.29 is 0 Å². The first-order chi connectivity index (χ1) is 5.92. The summed E-state index contributed by atoms with van der Waals surface area (Å²) < 4.78 is 0. The molecule has 2 nitrogen and oxygen atoms in total. The lowest BCUT2D eigenvalue weighted by Crippen LogP contribution is -2.40. The Morgan fingerprint density at radius 1 is 1.25 bits per heavy atom. The Labute approximate surface area is 78.9 Å². The van der Waals surface area contributed by atoms with Crippen molar-refractivity contribution >= 4 is 11.8 Å². The molecule has 2 rings (SSSR count). The molecule has 0 aromatic rings. The molecule has 1 atom stereocenters. The SMILES string of the molecule is NCCN(C1CC1)[C@@H]1CCSC1. The molecule has 1 heterocycles. The van der Waals surface area contributed by atoms with Crippen molar-refractivity contribution in [2.45, 2.75) is 31.3 Å². The van der Waals surface area contributed by atoms with Gasteiger partial charge in [0.05, 0.1) is 0 Å². The standard InChI is InChI=1S/C9H18N2S/c10-4-5-11(8-1-2-8)9-3-6-12-7-9/h8-9H,1-7,10H2/t9-/m1/s1. The summed E-state index contributed by atoms with van der Waals surface area (Å²) in [6.07, 6.45) is 4.23. The zero-order valence-corrected chi connectivity index (χ0v) is 8.35. The lowest BCUT2D eigenvalue weighted by Gasteiger charge is -2.27. The first-order valence-electron chi connectivity index (χ1n) is 4.95. The second kappa shape index (κ2) is 3.99. The summed E-state index contributed by atoms with van der Waals surface area (Å²) in [6, 6.07) is 1.75. The van der Waals surface area contributed by atoms with Gasteiger partial charge in [0.2, 0.25) is 0 Å². The van der Waals surface area contributed by atoms with Crippen LogP contribution < -0.4 is 5.73 Å². The lowest BCUT2D eigenvalue weighted by atomic mass is 10.2. The number of rotatable bonds is 4. The van der Waals surface area contributed by atoms with E-state index in [-0.39, 0.29) is 0 Å². The van der Waals surface area contributed by atoms with Crippen LogP contribution in [0.3, 0.4) is 0 Å². The van der Waals surface area contributed by atoms with Gasteiger partial charge in [-0.1, -0.05) is 0 Å². The van der Waals surface area contributed by atoms with E-state index in [0.717, 1.165) is 25.2 Å². The molecule has 0 bridgehead atoms. The Morgan fingerprint density at radius 2 is 2.08 bits per heavy atom. The van der Waals surface area contributed by atoms with Gasteiger partial charge in [-0.15, -0.1) is 0 Å². The van der Waals surface area contributed by atoms with Crippen LogP contribution >= 0.6 is 11.8 Å².